The number of halogens is 2. The summed E-state index contributed by atoms with van der Waals surface area (Å²) >= 11 is 12.4. The molecule has 1 aliphatic rings. The monoisotopic (exact) mass is 315 g/mol. The SMILES string of the molecule is CCNCc1cc(Cl)cc(Cl)c1OC1CCC(C)CC1. The van der Waals surface area contributed by atoms with Gasteiger partial charge in [-0.2, -0.15) is 0 Å². The van der Waals surface area contributed by atoms with E-state index in [-0.39, 0.29) is 6.10 Å². The summed E-state index contributed by atoms with van der Waals surface area (Å²) in [4.78, 5) is 0. The lowest BCUT2D eigenvalue weighted by molar-refractivity contribution is 0.134. The van der Waals surface area contributed by atoms with Crippen molar-refractivity contribution in [3.8, 4) is 5.75 Å². The Hall–Kier alpha value is -0.440. The summed E-state index contributed by atoms with van der Waals surface area (Å²) in [6.45, 7) is 6.02. The van der Waals surface area contributed by atoms with Gasteiger partial charge < -0.3 is 10.1 Å². The summed E-state index contributed by atoms with van der Waals surface area (Å²) in [5.74, 6) is 1.62. The van der Waals surface area contributed by atoms with Gasteiger partial charge in [0.1, 0.15) is 5.75 Å². The molecule has 2 nitrogen and oxygen atoms in total. The zero-order chi connectivity index (χ0) is 14.5. The molecule has 1 aliphatic carbocycles. The summed E-state index contributed by atoms with van der Waals surface area (Å²) in [5.41, 5.74) is 1.04. The number of benzene rings is 1. The third-order valence-electron chi connectivity index (χ3n) is 3.90. The molecular formula is C16H23Cl2NO. The molecule has 0 bridgehead atoms. The molecule has 1 N–H and O–H groups in total. The Bertz CT molecular complexity index is 442. The first-order valence-electron chi connectivity index (χ1n) is 7.45. The normalized spacial score (nSPS) is 22.8. The number of ether oxygens (including phenoxy) is 1. The van der Waals surface area contributed by atoms with Gasteiger partial charge in [-0.05, 0) is 50.3 Å². The van der Waals surface area contributed by atoms with Gasteiger partial charge in [0.15, 0.2) is 0 Å². The third kappa shape index (κ3) is 4.28. The molecule has 0 spiro atoms. The van der Waals surface area contributed by atoms with Crippen LogP contribution in [0.4, 0.5) is 0 Å². The smallest absolute Gasteiger partial charge is 0.142 e. The van der Waals surface area contributed by atoms with Crippen LogP contribution in [0.3, 0.4) is 0 Å². The maximum absolute atomic E-state index is 6.32. The van der Waals surface area contributed by atoms with Crippen molar-refractivity contribution in [2.45, 2.75) is 52.2 Å². The lowest BCUT2D eigenvalue weighted by Gasteiger charge is -2.28. The van der Waals surface area contributed by atoms with E-state index < -0.39 is 0 Å². The van der Waals surface area contributed by atoms with E-state index in [2.05, 4.69) is 19.2 Å². The van der Waals surface area contributed by atoms with Crippen molar-refractivity contribution >= 4 is 23.2 Å². The van der Waals surface area contributed by atoms with Crippen LogP contribution in [0.5, 0.6) is 5.75 Å². The summed E-state index contributed by atoms with van der Waals surface area (Å²) < 4.78 is 6.19. The van der Waals surface area contributed by atoms with E-state index in [1.807, 2.05) is 6.07 Å². The van der Waals surface area contributed by atoms with Crippen LogP contribution in [0, 0.1) is 5.92 Å². The fraction of sp³-hybridized carbons (Fsp3) is 0.625. The van der Waals surface area contributed by atoms with Crippen molar-refractivity contribution in [3.05, 3.63) is 27.7 Å². The van der Waals surface area contributed by atoms with Crippen LogP contribution in [-0.4, -0.2) is 12.6 Å². The fourth-order valence-electron chi connectivity index (χ4n) is 2.65. The Labute approximate surface area is 131 Å². The van der Waals surface area contributed by atoms with E-state index >= 15 is 0 Å². The Kier molecular flexibility index (Phi) is 6.01. The minimum Gasteiger partial charge on any atom is -0.489 e. The van der Waals surface area contributed by atoms with E-state index in [4.69, 9.17) is 27.9 Å². The number of hydrogen-bond donors (Lipinski definition) is 1. The second kappa shape index (κ2) is 7.53. The van der Waals surface area contributed by atoms with Crippen molar-refractivity contribution in [2.24, 2.45) is 5.92 Å². The minimum absolute atomic E-state index is 0.283. The summed E-state index contributed by atoms with van der Waals surface area (Å²) in [6, 6.07) is 3.70. The highest BCUT2D eigenvalue weighted by atomic mass is 35.5. The van der Waals surface area contributed by atoms with Crippen LogP contribution in [0.2, 0.25) is 10.0 Å². The van der Waals surface area contributed by atoms with Gasteiger partial charge in [0.05, 0.1) is 11.1 Å². The van der Waals surface area contributed by atoms with Gasteiger partial charge >= 0.3 is 0 Å². The second-order valence-corrected chi connectivity index (χ2v) is 6.50. The molecule has 0 aliphatic heterocycles. The average Bonchev–Trinajstić information content (AvgIpc) is 2.42. The van der Waals surface area contributed by atoms with Gasteiger partial charge in [-0.1, -0.05) is 37.0 Å². The Morgan fingerprint density at radius 1 is 1.20 bits per heavy atom. The van der Waals surface area contributed by atoms with Crippen molar-refractivity contribution in [2.75, 3.05) is 6.54 Å². The molecule has 112 valence electrons. The highest BCUT2D eigenvalue weighted by Crippen LogP contribution is 2.35. The molecule has 1 saturated carbocycles. The molecule has 1 aromatic carbocycles. The lowest BCUT2D eigenvalue weighted by atomic mass is 9.89. The Morgan fingerprint density at radius 2 is 1.90 bits per heavy atom. The highest BCUT2D eigenvalue weighted by Gasteiger charge is 2.22. The van der Waals surface area contributed by atoms with Crippen LogP contribution >= 0.6 is 23.2 Å². The first-order valence-corrected chi connectivity index (χ1v) is 8.21. The third-order valence-corrected chi connectivity index (χ3v) is 4.40. The first kappa shape index (κ1) is 15.9. The topological polar surface area (TPSA) is 21.3 Å². The molecule has 1 aromatic rings. The van der Waals surface area contributed by atoms with Crippen molar-refractivity contribution < 1.29 is 4.74 Å². The molecule has 0 atom stereocenters. The van der Waals surface area contributed by atoms with Gasteiger partial charge in [-0.3, -0.25) is 0 Å². The van der Waals surface area contributed by atoms with Crippen LogP contribution in [-0.2, 0) is 6.54 Å². The van der Waals surface area contributed by atoms with Gasteiger partial charge in [0, 0.05) is 17.1 Å². The van der Waals surface area contributed by atoms with Crippen molar-refractivity contribution in [3.63, 3.8) is 0 Å². The predicted octanol–water partition coefficient (Wildman–Crippen LogP) is 5.06. The van der Waals surface area contributed by atoms with Crippen molar-refractivity contribution in [1.29, 1.82) is 0 Å². The quantitative estimate of drug-likeness (QED) is 0.820. The zero-order valence-electron chi connectivity index (χ0n) is 12.2. The van der Waals surface area contributed by atoms with Crippen LogP contribution < -0.4 is 10.1 Å². The lowest BCUT2D eigenvalue weighted by Crippen LogP contribution is -2.24. The van der Waals surface area contributed by atoms with Gasteiger partial charge in [-0.25, -0.2) is 0 Å². The molecule has 1 fully saturated rings. The molecule has 0 radical (unpaired) electrons. The highest BCUT2D eigenvalue weighted by molar-refractivity contribution is 6.35. The summed E-state index contributed by atoms with van der Waals surface area (Å²) in [6.07, 6.45) is 4.98. The predicted molar refractivity (Wildman–Crippen MR) is 85.9 cm³/mol. The molecule has 0 heterocycles. The molecule has 0 unspecified atom stereocenters. The molecule has 4 heteroatoms. The fourth-order valence-corrected chi connectivity index (χ4v) is 3.23. The standard InChI is InChI=1S/C16H23Cl2NO/c1-3-19-10-12-8-13(17)9-15(18)16(12)20-14-6-4-11(2)5-7-14/h8-9,11,14,19H,3-7,10H2,1-2H3. The maximum atomic E-state index is 6.32. The minimum atomic E-state index is 0.283. The molecular weight excluding hydrogens is 293 g/mol. The van der Waals surface area contributed by atoms with Gasteiger partial charge in [-0.15, -0.1) is 0 Å². The van der Waals surface area contributed by atoms with E-state index in [0.29, 0.717) is 10.0 Å². The van der Waals surface area contributed by atoms with E-state index in [1.54, 1.807) is 6.07 Å². The number of hydrogen-bond acceptors (Lipinski definition) is 2. The Balaban J connectivity index is 2.12. The van der Waals surface area contributed by atoms with Crippen molar-refractivity contribution in [1.82, 2.24) is 5.32 Å². The average molecular weight is 316 g/mol. The largest absolute Gasteiger partial charge is 0.489 e. The second-order valence-electron chi connectivity index (χ2n) is 5.66. The molecule has 0 saturated heterocycles. The maximum Gasteiger partial charge on any atom is 0.142 e. The molecule has 2 rings (SSSR count). The van der Waals surface area contributed by atoms with E-state index in [9.17, 15) is 0 Å². The van der Waals surface area contributed by atoms with E-state index in [0.717, 1.165) is 43.2 Å². The first-order chi connectivity index (χ1) is 9.60. The van der Waals surface area contributed by atoms with Gasteiger partial charge in [0.2, 0.25) is 0 Å². The number of rotatable bonds is 5. The molecule has 0 amide bonds. The van der Waals surface area contributed by atoms with Crippen LogP contribution in [0.25, 0.3) is 0 Å². The summed E-state index contributed by atoms with van der Waals surface area (Å²) in [7, 11) is 0. The molecule has 20 heavy (non-hydrogen) atoms. The Morgan fingerprint density at radius 3 is 2.55 bits per heavy atom. The summed E-state index contributed by atoms with van der Waals surface area (Å²) in [5, 5.41) is 4.58. The number of nitrogens with one attached hydrogen (secondary N) is 1. The van der Waals surface area contributed by atoms with Crippen LogP contribution in [0.1, 0.15) is 45.1 Å². The molecule has 0 aromatic heterocycles. The van der Waals surface area contributed by atoms with Gasteiger partial charge in [0.25, 0.3) is 0 Å². The van der Waals surface area contributed by atoms with E-state index in [1.165, 1.54) is 12.8 Å². The zero-order valence-corrected chi connectivity index (χ0v) is 13.7. The van der Waals surface area contributed by atoms with Crippen LogP contribution in [0.15, 0.2) is 12.1 Å².